The normalized spacial score (nSPS) is 31.8. The van der Waals surface area contributed by atoms with Gasteiger partial charge in [-0.15, -0.1) is 0 Å². The number of carbonyl (C=O) groups is 1. The molecule has 70 valence electrons. The summed E-state index contributed by atoms with van der Waals surface area (Å²) in [5, 5.41) is 8.66. The second kappa shape index (κ2) is 4.00. The predicted octanol–water partition coefficient (Wildman–Crippen LogP) is 0.123. The van der Waals surface area contributed by atoms with Crippen molar-refractivity contribution in [2.24, 2.45) is 5.92 Å². The SMILES string of the molecule is CS(=O)NC1CCC(C(=O)O)C1. The highest BCUT2D eigenvalue weighted by molar-refractivity contribution is 7.82. The van der Waals surface area contributed by atoms with Crippen LogP contribution in [-0.2, 0) is 15.8 Å². The monoisotopic (exact) mass is 191 g/mol. The van der Waals surface area contributed by atoms with Crippen LogP contribution in [0.3, 0.4) is 0 Å². The molecule has 3 unspecified atom stereocenters. The molecule has 1 rings (SSSR count). The molecule has 2 N–H and O–H groups in total. The third-order valence-electron chi connectivity index (χ3n) is 2.11. The third-order valence-corrected chi connectivity index (χ3v) is 2.78. The van der Waals surface area contributed by atoms with Gasteiger partial charge in [-0.2, -0.15) is 0 Å². The van der Waals surface area contributed by atoms with E-state index in [0.717, 1.165) is 6.42 Å². The van der Waals surface area contributed by atoms with Gasteiger partial charge in [0.05, 0.1) is 16.9 Å². The number of aliphatic carboxylic acids is 1. The zero-order chi connectivity index (χ0) is 9.14. The molecule has 0 radical (unpaired) electrons. The van der Waals surface area contributed by atoms with Gasteiger partial charge in [-0.1, -0.05) is 0 Å². The Bertz CT molecular complexity index is 207. The van der Waals surface area contributed by atoms with E-state index < -0.39 is 17.0 Å². The first-order valence-electron chi connectivity index (χ1n) is 3.92. The molecule has 0 aromatic heterocycles. The molecular formula is C7H13NO3S. The van der Waals surface area contributed by atoms with Crippen LogP contribution >= 0.6 is 0 Å². The Labute approximate surface area is 73.9 Å². The van der Waals surface area contributed by atoms with Crippen LogP contribution in [0, 0.1) is 5.92 Å². The van der Waals surface area contributed by atoms with Crippen LogP contribution in [0.4, 0.5) is 0 Å². The van der Waals surface area contributed by atoms with Gasteiger partial charge in [-0.3, -0.25) is 4.79 Å². The van der Waals surface area contributed by atoms with E-state index in [0.29, 0.717) is 12.8 Å². The molecule has 0 spiro atoms. The first kappa shape index (κ1) is 9.67. The fourth-order valence-electron chi connectivity index (χ4n) is 1.55. The quantitative estimate of drug-likeness (QED) is 0.666. The van der Waals surface area contributed by atoms with Crippen molar-refractivity contribution in [1.29, 1.82) is 0 Å². The second-order valence-corrected chi connectivity index (χ2v) is 4.26. The fourth-order valence-corrected chi connectivity index (χ4v) is 2.23. The summed E-state index contributed by atoms with van der Waals surface area (Å²) in [7, 11) is -1.03. The van der Waals surface area contributed by atoms with Crippen LogP contribution in [0.2, 0.25) is 0 Å². The van der Waals surface area contributed by atoms with E-state index in [4.69, 9.17) is 5.11 Å². The zero-order valence-electron chi connectivity index (χ0n) is 6.95. The molecule has 0 saturated heterocycles. The Morgan fingerprint density at radius 3 is 2.67 bits per heavy atom. The molecule has 3 atom stereocenters. The summed E-state index contributed by atoms with van der Waals surface area (Å²) in [4.78, 5) is 10.5. The van der Waals surface area contributed by atoms with Crippen molar-refractivity contribution in [2.45, 2.75) is 25.3 Å². The first-order valence-corrected chi connectivity index (χ1v) is 5.48. The maximum atomic E-state index is 10.7. The minimum absolute atomic E-state index is 0.122. The standard InChI is InChI=1S/C7H13NO3S/c1-12(11)8-6-3-2-5(4-6)7(9)10/h5-6,8H,2-4H2,1H3,(H,9,10). The Morgan fingerprint density at radius 1 is 1.58 bits per heavy atom. The molecule has 4 nitrogen and oxygen atoms in total. The molecule has 1 aliphatic rings. The molecule has 1 fully saturated rings. The highest BCUT2D eigenvalue weighted by Crippen LogP contribution is 2.25. The van der Waals surface area contributed by atoms with Gasteiger partial charge in [0.2, 0.25) is 0 Å². The van der Waals surface area contributed by atoms with Gasteiger partial charge in [-0.05, 0) is 19.3 Å². The summed E-state index contributed by atoms with van der Waals surface area (Å²) in [6.07, 6.45) is 3.68. The van der Waals surface area contributed by atoms with Gasteiger partial charge in [-0.25, -0.2) is 8.93 Å². The highest BCUT2D eigenvalue weighted by atomic mass is 32.2. The topological polar surface area (TPSA) is 66.4 Å². The van der Waals surface area contributed by atoms with Crippen LogP contribution in [0.1, 0.15) is 19.3 Å². The van der Waals surface area contributed by atoms with Crippen molar-refractivity contribution in [1.82, 2.24) is 4.72 Å². The Hall–Kier alpha value is -0.420. The lowest BCUT2D eigenvalue weighted by Crippen LogP contribution is -2.28. The number of carboxylic acids is 1. The van der Waals surface area contributed by atoms with Gasteiger partial charge < -0.3 is 5.11 Å². The zero-order valence-corrected chi connectivity index (χ0v) is 7.76. The Balaban J connectivity index is 2.35. The average Bonchev–Trinajstić information content (AvgIpc) is 2.34. The van der Waals surface area contributed by atoms with E-state index in [2.05, 4.69) is 4.72 Å². The lowest BCUT2D eigenvalue weighted by Gasteiger charge is -2.08. The van der Waals surface area contributed by atoms with Crippen LogP contribution in [0.15, 0.2) is 0 Å². The largest absolute Gasteiger partial charge is 0.481 e. The number of hydrogen-bond acceptors (Lipinski definition) is 2. The number of rotatable bonds is 3. The van der Waals surface area contributed by atoms with Gasteiger partial charge in [0.1, 0.15) is 0 Å². The Morgan fingerprint density at radius 2 is 2.25 bits per heavy atom. The summed E-state index contributed by atoms with van der Waals surface area (Å²) >= 11 is 0. The second-order valence-electron chi connectivity index (χ2n) is 3.12. The maximum absolute atomic E-state index is 10.7. The molecule has 0 bridgehead atoms. The number of hydrogen-bond donors (Lipinski definition) is 2. The van der Waals surface area contributed by atoms with Crippen molar-refractivity contribution < 1.29 is 14.1 Å². The van der Waals surface area contributed by atoms with Crippen LogP contribution < -0.4 is 4.72 Å². The van der Waals surface area contributed by atoms with Crippen molar-refractivity contribution in [3.8, 4) is 0 Å². The lowest BCUT2D eigenvalue weighted by molar-refractivity contribution is -0.141. The van der Waals surface area contributed by atoms with E-state index in [1.165, 1.54) is 0 Å². The molecular weight excluding hydrogens is 178 g/mol. The number of carboxylic acid groups (broad SMARTS) is 1. The summed E-state index contributed by atoms with van der Waals surface area (Å²) in [5.41, 5.74) is 0. The van der Waals surface area contributed by atoms with E-state index in [1.54, 1.807) is 6.26 Å². The molecule has 12 heavy (non-hydrogen) atoms. The van der Waals surface area contributed by atoms with Crippen molar-refractivity contribution in [2.75, 3.05) is 6.26 Å². The maximum Gasteiger partial charge on any atom is 0.306 e. The van der Waals surface area contributed by atoms with Crippen molar-refractivity contribution >= 4 is 17.0 Å². The van der Waals surface area contributed by atoms with E-state index >= 15 is 0 Å². The fraction of sp³-hybridized carbons (Fsp3) is 0.857. The smallest absolute Gasteiger partial charge is 0.306 e. The average molecular weight is 191 g/mol. The van der Waals surface area contributed by atoms with Crippen molar-refractivity contribution in [3.63, 3.8) is 0 Å². The molecule has 0 aromatic carbocycles. The first-order chi connectivity index (χ1) is 5.59. The third kappa shape index (κ3) is 2.57. The van der Waals surface area contributed by atoms with Gasteiger partial charge in [0.25, 0.3) is 0 Å². The molecule has 1 aliphatic carbocycles. The van der Waals surface area contributed by atoms with Gasteiger partial charge >= 0.3 is 5.97 Å². The summed E-state index contributed by atoms with van der Waals surface area (Å²) in [5.74, 6) is -0.979. The summed E-state index contributed by atoms with van der Waals surface area (Å²) in [6.45, 7) is 0. The Kier molecular flexibility index (Phi) is 3.22. The molecule has 0 heterocycles. The molecule has 5 heteroatoms. The van der Waals surface area contributed by atoms with Gasteiger partial charge in [0.15, 0.2) is 0 Å². The van der Waals surface area contributed by atoms with Crippen LogP contribution in [-0.4, -0.2) is 27.6 Å². The number of nitrogens with one attached hydrogen (secondary N) is 1. The summed E-state index contributed by atoms with van der Waals surface area (Å²) < 4.78 is 13.6. The van der Waals surface area contributed by atoms with E-state index in [-0.39, 0.29) is 12.0 Å². The van der Waals surface area contributed by atoms with Gasteiger partial charge in [0, 0.05) is 12.3 Å². The lowest BCUT2D eigenvalue weighted by atomic mass is 10.1. The minimum Gasteiger partial charge on any atom is -0.481 e. The predicted molar refractivity (Wildman–Crippen MR) is 46.0 cm³/mol. The van der Waals surface area contributed by atoms with Crippen LogP contribution in [0.25, 0.3) is 0 Å². The molecule has 0 aromatic rings. The highest BCUT2D eigenvalue weighted by Gasteiger charge is 2.29. The molecule has 0 aliphatic heterocycles. The van der Waals surface area contributed by atoms with Crippen molar-refractivity contribution in [3.05, 3.63) is 0 Å². The van der Waals surface area contributed by atoms with Crippen LogP contribution in [0.5, 0.6) is 0 Å². The summed E-state index contributed by atoms with van der Waals surface area (Å²) in [6, 6.07) is 0.122. The van der Waals surface area contributed by atoms with E-state index in [1.807, 2.05) is 0 Å². The molecule has 0 amide bonds. The minimum atomic E-state index is -1.03. The molecule has 1 saturated carbocycles. The van der Waals surface area contributed by atoms with E-state index in [9.17, 15) is 9.00 Å².